The smallest absolute Gasteiger partial charge is 0.243 e. The maximum Gasteiger partial charge on any atom is 0.243 e. The van der Waals surface area contributed by atoms with Crippen LogP contribution in [0.15, 0.2) is 18.2 Å². The molecule has 5 N–H and O–H groups in total. The van der Waals surface area contributed by atoms with Crippen LogP contribution >= 0.6 is 24.8 Å². The lowest BCUT2D eigenvalue weighted by molar-refractivity contribution is -0.123. The molecule has 1 aliphatic carbocycles. The van der Waals surface area contributed by atoms with E-state index in [1.54, 1.807) is 6.07 Å². The summed E-state index contributed by atoms with van der Waals surface area (Å²) < 4.78 is 0. The third-order valence-corrected chi connectivity index (χ3v) is 3.91. The van der Waals surface area contributed by atoms with E-state index in [4.69, 9.17) is 5.73 Å². The summed E-state index contributed by atoms with van der Waals surface area (Å²) in [5.74, 6) is 0.918. The van der Waals surface area contributed by atoms with Crippen molar-refractivity contribution >= 4 is 53.3 Å². The average molecular weight is 374 g/mol. The molecule has 1 saturated carbocycles. The third kappa shape index (κ3) is 4.59. The molecule has 0 unspecified atom stereocenters. The predicted octanol–water partition coefficient (Wildman–Crippen LogP) is 1.69. The molecule has 0 bridgehead atoms. The molecule has 0 saturated heterocycles. The molecule has 1 heterocycles. The molecule has 132 valence electrons. The number of nitrogens with two attached hydrogens (primary N) is 1. The minimum atomic E-state index is -0.357. The Morgan fingerprint density at radius 2 is 2.00 bits per heavy atom. The number of benzene rings is 1. The third-order valence-electron chi connectivity index (χ3n) is 3.91. The molecule has 0 radical (unpaired) electrons. The average Bonchev–Trinajstić information content (AvgIpc) is 2.85. The Hall–Kier alpha value is -1.83. The first kappa shape index (κ1) is 20.2. The number of hydrogen-bond donors (Lipinski definition) is 4. The van der Waals surface area contributed by atoms with Crippen LogP contribution in [0.25, 0.3) is 11.0 Å². The minimum absolute atomic E-state index is 0. The van der Waals surface area contributed by atoms with Gasteiger partial charge >= 0.3 is 0 Å². The summed E-state index contributed by atoms with van der Waals surface area (Å²) in [7, 11) is 0. The van der Waals surface area contributed by atoms with Crippen LogP contribution in [0.4, 0.5) is 5.69 Å². The number of fused-ring (bicyclic) bond motifs is 1. The zero-order valence-electron chi connectivity index (χ0n) is 13.0. The van der Waals surface area contributed by atoms with E-state index in [2.05, 4.69) is 20.6 Å². The predicted molar refractivity (Wildman–Crippen MR) is 97.9 cm³/mol. The van der Waals surface area contributed by atoms with Gasteiger partial charge in [0.05, 0.1) is 24.1 Å². The van der Waals surface area contributed by atoms with E-state index in [1.807, 2.05) is 12.1 Å². The number of hydrogen-bond acceptors (Lipinski definition) is 4. The van der Waals surface area contributed by atoms with Gasteiger partial charge < -0.3 is 21.4 Å². The Bertz CT molecular complexity index is 715. The molecular weight excluding hydrogens is 353 g/mol. The number of imidazole rings is 1. The van der Waals surface area contributed by atoms with Gasteiger partial charge in [-0.2, -0.15) is 0 Å². The second-order valence-corrected chi connectivity index (χ2v) is 5.51. The molecule has 2 amide bonds. The highest BCUT2D eigenvalue weighted by Gasteiger charge is 2.22. The van der Waals surface area contributed by atoms with Gasteiger partial charge in [0.1, 0.15) is 5.82 Å². The number of anilines is 1. The number of carbonyl (C=O) groups is 2. The number of H-pyrrole nitrogens is 1. The van der Waals surface area contributed by atoms with Crippen LogP contribution in [-0.4, -0.2) is 34.9 Å². The number of aromatic amines is 1. The van der Waals surface area contributed by atoms with Gasteiger partial charge in [-0.1, -0.05) is 6.42 Å². The van der Waals surface area contributed by atoms with E-state index in [-0.39, 0.29) is 49.7 Å². The molecule has 24 heavy (non-hydrogen) atoms. The van der Waals surface area contributed by atoms with Crippen molar-refractivity contribution in [1.82, 2.24) is 15.3 Å². The van der Waals surface area contributed by atoms with Crippen molar-refractivity contribution in [3.63, 3.8) is 0 Å². The lowest BCUT2D eigenvalue weighted by Crippen LogP contribution is -2.36. The van der Waals surface area contributed by atoms with E-state index in [0.29, 0.717) is 11.6 Å². The van der Waals surface area contributed by atoms with Crippen LogP contribution in [0.2, 0.25) is 0 Å². The molecule has 0 spiro atoms. The molecule has 2 aromatic rings. The van der Waals surface area contributed by atoms with Gasteiger partial charge in [0.25, 0.3) is 0 Å². The summed E-state index contributed by atoms with van der Waals surface area (Å²) in [4.78, 5) is 30.7. The highest BCUT2D eigenvalue weighted by atomic mass is 35.5. The molecule has 1 aromatic carbocycles. The fourth-order valence-electron chi connectivity index (χ4n) is 2.44. The maximum atomic E-state index is 11.7. The van der Waals surface area contributed by atoms with E-state index in [0.717, 1.165) is 16.9 Å². The fraction of sp³-hybridized carbons (Fsp3) is 0.400. The van der Waals surface area contributed by atoms with Gasteiger partial charge in [0, 0.05) is 11.6 Å². The van der Waals surface area contributed by atoms with Crippen molar-refractivity contribution in [2.75, 3.05) is 18.4 Å². The van der Waals surface area contributed by atoms with E-state index in [9.17, 15) is 9.59 Å². The van der Waals surface area contributed by atoms with Crippen LogP contribution in [0, 0.1) is 0 Å². The number of aromatic nitrogens is 2. The van der Waals surface area contributed by atoms with Crippen LogP contribution < -0.4 is 16.4 Å². The summed E-state index contributed by atoms with van der Waals surface area (Å²) in [6, 6.07) is 5.53. The first-order valence-corrected chi connectivity index (χ1v) is 7.42. The molecule has 7 nitrogen and oxygen atoms in total. The van der Waals surface area contributed by atoms with Crippen LogP contribution in [0.1, 0.15) is 31.0 Å². The topological polar surface area (TPSA) is 113 Å². The number of amides is 2. The lowest BCUT2D eigenvalue weighted by atomic mass is 9.85. The van der Waals surface area contributed by atoms with Crippen molar-refractivity contribution in [2.24, 2.45) is 5.73 Å². The van der Waals surface area contributed by atoms with Crippen molar-refractivity contribution in [3.05, 3.63) is 24.0 Å². The zero-order valence-corrected chi connectivity index (χ0v) is 14.6. The van der Waals surface area contributed by atoms with Gasteiger partial charge in [0.2, 0.25) is 11.8 Å². The first-order valence-electron chi connectivity index (χ1n) is 7.42. The Labute approximate surface area is 152 Å². The number of nitrogens with zero attached hydrogens (tertiary/aromatic N) is 1. The number of nitrogens with one attached hydrogen (secondary N) is 3. The molecule has 9 heteroatoms. The Morgan fingerprint density at radius 3 is 2.62 bits per heavy atom. The van der Waals surface area contributed by atoms with Gasteiger partial charge in [0.15, 0.2) is 0 Å². The standard InChI is InChI=1S/C15H19N5O2.2ClH/c16-7-13(21)17-8-14(22)18-10-4-5-11-12(6-10)20-15(19-11)9-2-1-3-9;;/h4-6,9H,1-3,7-8,16H2,(H,17,21)(H,18,22)(H,19,20);2*1H. The number of carbonyl (C=O) groups excluding carboxylic acids is 2. The van der Waals surface area contributed by atoms with E-state index in [1.165, 1.54) is 19.3 Å². The van der Waals surface area contributed by atoms with Crippen molar-refractivity contribution in [2.45, 2.75) is 25.2 Å². The minimum Gasteiger partial charge on any atom is -0.346 e. The summed E-state index contributed by atoms with van der Waals surface area (Å²) in [6.45, 7) is -0.221. The van der Waals surface area contributed by atoms with Crippen molar-refractivity contribution in [1.29, 1.82) is 0 Å². The second kappa shape index (κ2) is 8.86. The molecular formula is C15H21Cl2N5O2. The maximum absolute atomic E-state index is 11.7. The summed E-state index contributed by atoms with van der Waals surface area (Å²) in [5.41, 5.74) is 7.64. The van der Waals surface area contributed by atoms with Crippen LogP contribution in [-0.2, 0) is 9.59 Å². The summed E-state index contributed by atoms with van der Waals surface area (Å²) >= 11 is 0. The SMILES string of the molecule is Cl.Cl.NCC(=O)NCC(=O)Nc1ccc2nc(C3CCC3)[nH]c2c1. The molecule has 1 aliphatic rings. The zero-order chi connectivity index (χ0) is 15.5. The Morgan fingerprint density at radius 1 is 1.25 bits per heavy atom. The highest BCUT2D eigenvalue weighted by Crippen LogP contribution is 2.35. The Balaban J connectivity index is 0.00000144. The van der Waals surface area contributed by atoms with Crippen molar-refractivity contribution < 1.29 is 9.59 Å². The monoisotopic (exact) mass is 373 g/mol. The number of halogens is 2. The Kier molecular flexibility index (Phi) is 7.47. The van der Waals surface area contributed by atoms with Gasteiger partial charge in [-0.15, -0.1) is 24.8 Å². The van der Waals surface area contributed by atoms with Crippen molar-refractivity contribution in [3.8, 4) is 0 Å². The highest BCUT2D eigenvalue weighted by molar-refractivity contribution is 5.96. The second-order valence-electron chi connectivity index (χ2n) is 5.51. The van der Waals surface area contributed by atoms with Gasteiger partial charge in [-0.25, -0.2) is 4.98 Å². The van der Waals surface area contributed by atoms with Gasteiger partial charge in [-0.3, -0.25) is 9.59 Å². The first-order chi connectivity index (χ1) is 10.7. The molecule has 1 fully saturated rings. The molecule has 1 aromatic heterocycles. The quantitative estimate of drug-likeness (QED) is 0.638. The van der Waals surface area contributed by atoms with Crippen LogP contribution in [0.5, 0.6) is 0 Å². The van der Waals surface area contributed by atoms with E-state index >= 15 is 0 Å². The molecule has 3 rings (SSSR count). The van der Waals surface area contributed by atoms with Crippen LogP contribution in [0.3, 0.4) is 0 Å². The fourth-order valence-corrected chi connectivity index (χ4v) is 2.44. The molecule has 0 aliphatic heterocycles. The number of rotatable bonds is 5. The largest absolute Gasteiger partial charge is 0.346 e. The summed E-state index contributed by atoms with van der Waals surface area (Å²) in [5, 5.41) is 5.17. The summed E-state index contributed by atoms with van der Waals surface area (Å²) in [6.07, 6.45) is 3.63. The molecule has 0 atom stereocenters. The normalized spacial score (nSPS) is 13.4. The lowest BCUT2D eigenvalue weighted by Gasteiger charge is -2.22. The van der Waals surface area contributed by atoms with Gasteiger partial charge in [-0.05, 0) is 31.0 Å². The van der Waals surface area contributed by atoms with E-state index < -0.39 is 0 Å².